The second kappa shape index (κ2) is 12.4. The highest BCUT2D eigenvalue weighted by atomic mass is 16.5. The predicted octanol–water partition coefficient (Wildman–Crippen LogP) is 4.87. The van der Waals surface area contributed by atoms with Gasteiger partial charge in [-0.15, -0.1) is 0 Å². The third-order valence-corrected chi connectivity index (χ3v) is 4.83. The number of carbonyl (C=O) groups is 2. The van der Waals surface area contributed by atoms with Crippen molar-refractivity contribution in [2.75, 3.05) is 13.2 Å². The van der Waals surface area contributed by atoms with Gasteiger partial charge in [-0.2, -0.15) is 0 Å². The number of benzene rings is 2. The van der Waals surface area contributed by atoms with Crippen molar-refractivity contribution in [1.29, 1.82) is 0 Å². The average molecular weight is 443 g/mol. The van der Waals surface area contributed by atoms with E-state index in [1.54, 1.807) is 13.0 Å². The first-order valence-corrected chi connectivity index (χ1v) is 10.6. The number of carbonyl (C=O) groups excluding carboxylic acids is 2. The zero-order valence-corrected chi connectivity index (χ0v) is 18.3. The minimum Gasteiger partial charge on any atom is -0.508 e. The molecule has 0 saturated heterocycles. The lowest BCUT2D eigenvalue weighted by Crippen LogP contribution is -2.06. The molecule has 0 radical (unpaired) electrons. The van der Waals surface area contributed by atoms with Gasteiger partial charge in [-0.3, -0.25) is 4.79 Å². The molecule has 2 rings (SSSR count). The fourth-order valence-electron chi connectivity index (χ4n) is 3.04. The van der Waals surface area contributed by atoms with Crippen molar-refractivity contribution in [2.24, 2.45) is 0 Å². The van der Waals surface area contributed by atoms with Crippen molar-refractivity contribution in [1.82, 2.24) is 0 Å². The molecule has 0 heterocycles. The number of hydrogen-bond donors (Lipinski definition) is 3. The van der Waals surface area contributed by atoms with Gasteiger partial charge in [-0.05, 0) is 44.0 Å². The summed E-state index contributed by atoms with van der Waals surface area (Å²) in [7, 11) is 0. The van der Waals surface area contributed by atoms with Crippen LogP contribution >= 0.6 is 0 Å². The first-order chi connectivity index (χ1) is 15.3. The van der Waals surface area contributed by atoms with Gasteiger partial charge >= 0.3 is 5.97 Å². The van der Waals surface area contributed by atoms with Gasteiger partial charge in [0.05, 0.1) is 24.3 Å². The molecule has 0 amide bonds. The zero-order chi connectivity index (χ0) is 23.5. The van der Waals surface area contributed by atoms with E-state index in [2.05, 4.69) is 6.58 Å². The van der Waals surface area contributed by atoms with E-state index in [-0.39, 0.29) is 34.3 Å². The van der Waals surface area contributed by atoms with Crippen LogP contribution in [-0.4, -0.2) is 40.3 Å². The first kappa shape index (κ1) is 24.8. The Balaban J connectivity index is 1.67. The smallest absolute Gasteiger partial charge is 0.333 e. The van der Waals surface area contributed by atoms with E-state index in [4.69, 9.17) is 9.47 Å². The van der Waals surface area contributed by atoms with Crippen LogP contribution in [0, 0.1) is 0 Å². The number of phenols is 3. The largest absolute Gasteiger partial charge is 0.508 e. The molecule has 7 nitrogen and oxygen atoms in total. The van der Waals surface area contributed by atoms with E-state index < -0.39 is 5.78 Å². The SMILES string of the molecule is C=C(C)C(=O)OCCCCCCCCOc1ccc(C(=O)c2ccc(O)cc2O)c(O)c1. The van der Waals surface area contributed by atoms with Crippen LogP contribution in [-0.2, 0) is 9.53 Å². The standard InChI is InChI=1S/C25H30O7/c1-17(2)25(30)32-14-8-6-4-3-5-7-13-31-19-10-12-21(23(28)16-19)24(29)20-11-9-18(26)15-22(20)27/h9-12,15-16,26-28H,1,3-8,13-14H2,2H3. The number of phenolic OH excluding ortho intramolecular Hbond substituents is 3. The van der Waals surface area contributed by atoms with E-state index in [9.17, 15) is 24.9 Å². The second-order valence-corrected chi connectivity index (χ2v) is 7.60. The molecule has 0 aliphatic heterocycles. The molecule has 0 spiro atoms. The molecule has 2 aromatic carbocycles. The summed E-state index contributed by atoms with van der Waals surface area (Å²) in [6, 6.07) is 8.07. The van der Waals surface area contributed by atoms with Gasteiger partial charge in [-0.25, -0.2) is 4.79 Å². The maximum absolute atomic E-state index is 12.5. The van der Waals surface area contributed by atoms with E-state index in [1.807, 2.05) is 0 Å². The molecule has 32 heavy (non-hydrogen) atoms. The number of ether oxygens (including phenoxy) is 2. The van der Waals surface area contributed by atoms with Gasteiger partial charge in [0, 0.05) is 17.7 Å². The maximum atomic E-state index is 12.5. The lowest BCUT2D eigenvalue weighted by atomic mass is 10.0. The average Bonchev–Trinajstić information content (AvgIpc) is 2.74. The van der Waals surface area contributed by atoms with Gasteiger partial charge in [0.2, 0.25) is 0 Å². The highest BCUT2D eigenvalue weighted by Gasteiger charge is 2.18. The summed E-state index contributed by atoms with van der Waals surface area (Å²) in [6.07, 6.45) is 5.77. The topological polar surface area (TPSA) is 113 Å². The van der Waals surface area contributed by atoms with Crippen LogP contribution in [0.3, 0.4) is 0 Å². The molecular formula is C25H30O7. The Kier molecular flexibility index (Phi) is 9.60. The van der Waals surface area contributed by atoms with Gasteiger partial charge in [0.1, 0.15) is 23.0 Å². The maximum Gasteiger partial charge on any atom is 0.333 e. The van der Waals surface area contributed by atoms with Gasteiger partial charge < -0.3 is 24.8 Å². The van der Waals surface area contributed by atoms with E-state index in [0.717, 1.165) is 44.6 Å². The molecule has 0 saturated carbocycles. The Morgan fingerprint density at radius 1 is 0.812 bits per heavy atom. The van der Waals surface area contributed by atoms with E-state index in [1.165, 1.54) is 24.3 Å². The molecule has 0 aliphatic rings. The van der Waals surface area contributed by atoms with Crippen LogP contribution in [0.25, 0.3) is 0 Å². The first-order valence-electron chi connectivity index (χ1n) is 10.6. The third kappa shape index (κ3) is 7.65. The number of esters is 1. The summed E-state index contributed by atoms with van der Waals surface area (Å²) in [4.78, 5) is 23.8. The normalized spacial score (nSPS) is 10.5. The molecule has 172 valence electrons. The van der Waals surface area contributed by atoms with Crippen LogP contribution in [0.1, 0.15) is 61.4 Å². The Labute approximate surface area is 187 Å². The van der Waals surface area contributed by atoms with E-state index in [0.29, 0.717) is 24.5 Å². The minimum absolute atomic E-state index is 0.0132. The fourth-order valence-corrected chi connectivity index (χ4v) is 3.04. The van der Waals surface area contributed by atoms with Gasteiger partial charge in [0.25, 0.3) is 0 Å². The van der Waals surface area contributed by atoms with Gasteiger partial charge in [-0.1, -0.05) is 32.3 Å². The summed E-state index contributed by atoms with van der Waals surface area (Å²) < 4.78 is 10.7. The molecule has 0 unspecified atom stereocenters. The Bertz CT molecular complexity index is 949. The Morgan fingerprint density at radius 3 is 1.97 bits per heavy atom. The number of ketones is 1. The van der Waals surface area contributed by atoms with Crippen LogP contribution in [0.5, 0.6) is 23.0 Å². The summed E-state index contributed by atoms with van der Waals surface area (Å²) in [5.74, 6) is -1.20. The third-order valence-electron chi connectivity index (χ3n) is 4.83. The Hall–Kier alpha value is -3.48. The summed E-state index contributed by atoms with van der Waals surface area (Å²) >= 11 is 0. The summed E-state index contributed by atoms with van der Waals surface area (Å²) in [6.45, 7) is 6.07. The van der Waals surface area contributed by atoms with Crippen molar-refractivity contribution in [3.8, 4) is 23.0 Å². The van der Waals surface area contributed by atoms with Crippen LogP contribution in [0.4, 0.5) is 0 Å². The van der Waals surface area contributed by atoms with Crippen LogP contribution < -0.4 is 4.74 Å². The molecule has 7 heteroatoms. The lowest BCUT2D eigenvalue weighted by Gasteiger charge is -2.10. The highest BCUT2D eigenvalue weighted by molar-refractivity contribution is 6.12. The zero-order valence-electron chi connectivity index (χ0n) is 18.3. The fraction of sp³-hybridized carbons (Fsp3) is 0.360. The number of aromatic hydroxyl groups is 3. The molecule has 3 N–H and O–H groups in total. The van der Waals surface area contributed by atoms with Crippen molar-refractivity contribution in [2.45, 2.75) is 45.4 Å². The second-order valence-electron chi connectivity index (χ2n) is 7.60. The Morgan fingerprint density at radius 2 is 1.38 bits per heavy atom. The summed E-state index contributed by atoms with van der Waals surface area (Å²) in [5, 5.41) is 29.4. The lowest BCUT2D eigenvalue weighted by molar-refractivity contribution is -0.139. The minimum atomic E-state index is -0.555. The molecular weight excluding hydrogens is 412 g/mol. The molecule has 0 aromatic heterocycles. The predicted molar refractivity (Wildman–Crippen MR) is 120 cm³/mol. The van der Waals surface area contributed by atoms with Crippen molar-refractivity contribution >= 4 is 11.8 Å². The van der Waals surface area contributed by atoms with Crippen LogP contribution in [0.15, 0.2) is 48.6 Å². The monoisotopic (exact) mass is 442 g/mol. The molecule has 2 aromatic rings. The van der Waals surface area contributed by atoms with Crippen molar-refractivity contribution in [3.05, 3.63) is 59.7 Å². The van der Waals surface area contributed by atoms with Crippen molar-refractivity contribution in [3.63, 3.8) is 0 Å². The quantitative estimate of drug-likeness (QED) is 0.175. The molecule has 0 fully saturated rings. The van der Waals surface area contributed by atoms with E-state index >= 15 is 0 Å². The molecule has 0 bridgehead atoms. The number of hydrogen-bond acceptors (Lipinski definition) is 7. The van der Waals surface area contributed by atoms with Gasteiger partial charge in [0.15, 0.2) is 5.78 Å². The number of unbranched alkanes of at least 4 members (excludes halogenated alkanes) is 5. The highest BCUT2D eigenvalue weighted by Crippen LogP contribution is 2.30. The van der Waals surface area contributed by atoms with Crippen molar-refractivity contribution < 1.29 is 34.4 Å². The molecule has 0 atom stereocenters. The van der Waals surface area contributed by atoms with Crippen LogP contribution in [0.2, 0.25) is 0 Å². The summed E-state index contributed by atoms with van der Waals surface area (Å²) in [5.41, 5.74) is 0.434. The number of rotatable bonds is 13. The molecule has 0 aliphatic carbocycles.